The van der Waals surface area contributed by atoms with Crippen molar-refractivity contribution in [3.05, 3.63) is 78.1 Å². The van der Waals surface area contributed by atoms with E-state index in [2.05, 4.69) is 4.98 Å². The molecule has 1 amide bonds. The summed E-state index contributed by atoms with van der Waals surface area (Å²) in [5, 5.41) is 0.539. The summed E-state index contributed by atoms with van der Waals surface area (Å²) in [5.74, 6) is 0.418. The molecule has 4 aromatic rings. The smallest absolute Gasteiger partial charge is 0.260 e. The van der Waals surface area contributed by atoms with Crippen LogP contribution in [0.2, 0.25) is 0 Å². The first-order valence-electron chi connectivity index (χ1n) is 11.7. The number of rotatable bonds is 7. The van der Waals surface area contributed by atoms with Crippen LogP contribution in [0.3, 0.4) is 0 Å². The number of thiazole rings is 1. The Hall–Kier alpha value is -3.34. The molecular formula is C26H26N4O4S2. The molecule has 0 radical (unpaired) electrons. The third-order valence-corrected chi connectivity index (χ3v) is 9.15. The van der Waals surface area contributed by atoms with Crippen molar-refractivity contribution >= 4 is 42.6 Å². The van der Waals surface area contributed by atoms with Crippen molar-refractivity contribution in [1.29, 1.82) is 0 Å². The normalized spacial score (nSPS) is 14.6. The lowest BCUT2D eigenvalue weighted by atomic mass is 10.2. The Kier molecular flexibility index (Phi) is 6.99. The zero-order valence-corrected chi connectivity index (χ0v) is 21.5. The van der Waals surface area contributed by atoms with Crippen LogP contribution in [0.15, 0.2) is 71.9 Å². The van der Waals surface area contributed by atoms with Gasteiger partial charge in [-0.1, -0.05) is 23.8 Å². The number of sulfonamides is 1. The van der Waals surface area contributed by atoms with Gasteiger partial charge >= 0.3 is 0 Å². The summed E-state index contributed by atoms with van der Waals surface area (Å²) in [5.41, 5.74) is 1.97. The molecule has 1 aliphatic rings. The number of pyridine rings is 1. The van der Waals surface area contributed by atoms with Crippen molar-refractivity contribution in [2.24, 2.45) is 0 Å². The minimum atomic E-state index is -3.57. The average molecular weight is 523 g/mol. The highest BCUT2D eigenvalue weighted by atomic mass is 32.2. The van der Waals surface area contributed by atoms with Crippen LogP contribution in [0.4, 0.5) is 5.13 Å². The molecule has 2 aromatic carbocycles. The first-order chi connectivity index (χ1) is 17.5. The first kappa shape index (κ1) is 24.4. The van der Waals surface area contributed by atoms with E-state index in [0.717, 1.165) is 35.0 Å². The van der Waals surface area contributed by atoms with Crippen molar-refractivity contribution in [3.63, 3.8) is 0 Å². The molecule has 36 heavy (non-hydrogen) atoms. The minimum Gasteiger partial charge on any atom is -0.497 e. The second-order valence-electron chi connectivity index (χ2n) is 8.57. The Morgan fingerprint density at radius 1 is 1.08 bits per heavy atom. The molecule has 2 aromatic heterocycles. The van der Waals surface area contributed by atoms with Crippen molar-refractivity contribution < 1.29 is 17.9 Å². The summed E-state index contributed by atoms with van der Waals surface area (Å²) in [6, 6.07) is 15.5. The lowest BCUT2D eigenvalue weighted by molar-refractivity contribution is 0.0985. The average Bonchev–Trinajstić information content (AvgIpc) is 3.35. The number of fused-ring (bicyclic) bond motifs is 1. The van der Waals surface area contributed by atoms with Gasteiger partial charge in [0.05, 0.1) is 28.8 Å². The maximum atomic E-state index is 13.7. The van der Waals surface area contributed by atoms with E-state index in [-0.39, 0.29) is 17.3 Å². The summed E-state index contributed by atoms with van der Waals surface area (Å²) < 4.78 is 33.8. The van der Waals surface area contributed by atoms with Crippen LogP contribution in [-0.2, 0) is 16.6 Å². The van der Waals surface area contributed by atoms with E-state index < -0.39 is 10.0 Å². The highest BCUT2D eigenvalue weighted by molar-refractivity contribution is 7.89. The van der Waals surface area contributed by atoms with Crippen LogP contribution in [0.1, 0.15) is 35.2 Å². The molecule has 0 saturated carbocycles. The molecule has 0 spiro atoms. The second kappa shape index (κ2) is 10.3. The minimum absolute atomic E-state index is 0.201. The zero-order valence-electron chi connectivity index (χ0n) is 19.8. The van der Waals surface area contributed by atoms with E-state index in [9.17, 15) is 13.2 Å². The summed E-state index contributed by atoms with van der Waals surface area (Å²) in [6.07, 6.45) is 6.18. The molecule has 3 heterocycles. The molecular weight excluding hydrogens is 496 g/mol. The van der Waals surface area contributed by atoms with Gasteiger partial charge in [0.15, 0.2) is 5.13 Å². The van der Waals surface area contributed by atoms with Crippen LogP contribution in [0.25, 0.3) is 10.2 Å². The second-order valence-corrected chi connectivity index (χ2v) is 11.5. The lowest BCUT2D eigenvalue weighted by Gasteiger charge is -2.26. The van der Waals surface area contributed by atoms with E-state index in [1.165, 1.54) is 27.8 Å². The van der Waals surface area contributed by atoms with E-state index in [4.69, 9.17) is 9.72 Å². The molecule has 0 unspecified atom stereocenters. The fraction of sp³-hybridized carbons (Fsp3) is 0.269. The predicted octanol–water partition coefficient (Wildman–Crippen LogP) is 4.72. The fourth-order valence-electron chi connectivity index (χ4n) is 4.22. The van der Waals surface area contributed by atoms with Gasteiger partial charge in [0, 0.05) is 37.1 Å². The topological polar surface area (TPSA) is 92.7 Å². The van der Waals surface area contributed by atoms with E-state index >= 15 is 0 Å². The Balaban J connectivity index is 1.47. The van der Waals surface area contributed by atoms with Crippen molar-refractivity contribution in [2.75, 3.05) is 25.1 Å². The monoisotopic (exact) mass is 522 g/mol. The largest absolute Gasteiger partial charge is 0.497 e. The molecule has 8 nitrogen and oxygen atoms in total. The van der Waals surface area contributed by atoms with Gasteiger partial charge in [0.2, 0.25) is 10.0 Å². The maximum Gasteiger partial charge on any atom is 0.260 e. The van der Waals surface area contributed by atoms with Crippen molar-refractivity contribution in [3.8, 4) is 5.75 Å². The summed E-state index contributed by atoms with van der Waals surface area (Å²) in [6.45, 7) is 1.34. The molecule has 0 N–H and O–H groups in total. The van der Waals surface area contributed by atoms with Crippen LogP contribution >= 0.6 is 11.3 Å². The van der Waals surface area contributed by atoms with Gasteiger partial charge in [0.1, 0.15) is 5.75 Å². The highest BCUT2D eigenvalue weighted by Gasteiger charge is 2.27. The molecule has 0 bridgehead atoms. The number of anilines is 1. The first-order valence-corrected chi connectivity index (χ1v) is 14.0. The van der Waals surface area contributed by atoms with E-state index in [1.807, 2.05) is 30.3 Å². The Bertz CT molecular complexity index is 1470. The maximum absolute atomic E-state index is 13.7. The number of hydrogen-bond donors (Lipinski definition) is 0. The van der Waals surface area contributed by atoms with Gasteiger partial charge in [-0.05, 0) is 60.9 Å². The Labute approximate surface area is 214 Å². The molecule has 1 fully saturated rings. The number of ether oxygens (including phenoxy) is 1. The molecule has 10 heteroatoms. The molecule has 1 aliphatic heterocycles. The third-order valence-electron chi connectivity index (χ3n) is 6.18. The Morgan fingerprint density at radius 3 is 2.56 bits per heavy atom. The third kappa shape index (κ3) is 4.97. The number of carbonyl (C=O) groups excluding carboxylic acids is 1. The number of piperidine rings is 1. The molecule has 186 valence electrons. The number of benzene rings is 2. The van der Waals surface area contributed by atoms with Gasteiger partial charge in [-0.25, -0.2) is 13.4 Å². The Morgan fingerprint density at radius 2 is 1.86 bits per heavy atom. The van der Waals surface area contributed by atoms with Gasteiger partial charge in [-0.15, -0.1) is 0 Å². The summed E-state index contributed by atoms with van der Waals surface area (Å²) in [7, 11) is -1.97. The van der Waals surface area contributed by atoms with E-state index in [0.29, 0.717) is 29.5 Å². The number of methoxy groups -OCH3 is 1. The molecule has 5 rings (SSSR count). The van der Waals surface area contributed by atoms with Crippen LogP contribution in [0, 0.1) is 0 Å². The summed E-state index contributed by atoms with van der Waals surface area (Å²) in [4.78, 5) is 24.4. The van der Waals surface area contributed by atoms with Crippen LogP contribution < -0.4 is 9.64 Å². The SMILES string of the molecule is COc1ccc2sc(N(Cc3cccnc3)C(=O)c3ccc(S(=O)(=O)N4CCCCC4)cc3)nc2c1. The quantitative estimate of drug-likeness (QED) is 0.349. The summed E-state index contributed by atoms with van der Waals surface area (Å²) >= 11 is 1.41. The molecule has 1 saturated heterocycles. The zero-order chi connectivity index (χ0) is 25.1. The lowest BCUT2D eigenvalue weighted by Crippen LogP contribution is -2.35. The standard InChI is InChI=1S/C26H26N4O4S2/c1-34-21-9-12-24-23(16-21)28-26(35-24)30(18-19-6-5-13-27-17-19)25(31)20-7-10-22(11-8-20)36(32,33)29-14-3-2-4-15-29/h5-13,16-17H,2-4,14-15,18H2,1H3. The van der Waals surface area contributed by atoms with Gasteiger partial charge in [-0.3, -0.25) is 14.7 Å². The predicted molar refractivity (Wildman–Crippen MR) is 140 cm³/mol. The number of amides is 1. The number of hydrogen-bond acceptors (Lipinski definition) is 7. The van der Waals surface area contributed by atoms with Gasteiger partial charge < -0.3 is 4.74 Å². The number of aromatic nitrogens is 2. The molecule has 0 atom stereocenters. The van der Waals surface area contributed by atoms with Gasteiger partial charge in [0.25, 0.3) is 5.91 Å². The van der Waals surface area contributed by atoms with Crippen LogP contribution in [0.5, 0.6) is 5.75 Å². The highest BCUT2D eigenvalue weighted by Crippen LogP contribution is 2.33. The van der Waals surface area contributed by atoms with Crippen LogP contribution in [-0.4, -0.2) is 48.8 Å². The number of carbonyl (C=O) groups is 1. The fourth-order valence-corrected chi connectivity index (χ4v) is 6.68. The molecule has 0 aliphatic carbocycles. The van der Waals surface area contributed by atoms with Gasteiger partial charge in [-0.2, -0.15) is 4.31 Å². The number of nitrogens with zero attached hydrogens (tertiary/aromatic N) is 4. The van der Waals surface area contributed by atoms with Crippen molar-refractivity contribution in [2.45, 2.75) is 30.7 Å². The van der Waals surface area contributed by atoms with Crippen molar-refractivity contribution in [1.82, 2.24) is 14.3 Å². The van der Waals surface area contributed by atoms with E-state index in [1.54, 1.807) is 36.5 Å².